The van der Waals surface area contributed by atoms with Gasteiger partial charge in [0.05, 0.1) is 11.9 Å². The Labute approximate surface area is 155 Å². The van der Waals surface area contributed by atoms with Crippen molar-refractivity contribution in [1.82, 2.24) is 4.98 Å². The van der Waals surface area contributed by atoms with E-state index in [-0.39, 0.29) is 0 Å². The zero-order valence-corrected chi connectivity index (χ0v) is 14.9. The molecule has 0 saturated carbocycles. The molecule has 0 amide bonds. The molecule has 2 aromatic carbocycles. The van der Waals surface area contributed by atoms with Crippen LogP contribution in [0.1, 0.15) is 5.56 Å². The van der Waals surface area contributed by atoms with Crippen molar-refractivity contribution in [2.75, 3.05) is 12.0 Å². The van der Waals surface area contributed by atoms with Crippen LogP contribution < -0.4 is 10.2 Å². The maximum atomic E-state index is 6.05. The highest BCUT2D eigenvalue weighted by Gasteiger charge is 2.04. The fourth-order valence-electron chi connectivity index (χ4n) is 2.12. The highest BCUT2D eigenvalue weighted by atomic mass is 35.5. The first-order valence-corrected chi connectivity index (χ1v) is 8.85. The van der Waals surface area contributed by atoms with Gasteiger partial charge in [-0.2, -0.15) is 5.10 Å². The molecule has 126 valence electrons. The summed E-state index contributed by atoms with van der Waals surface area (Å²) in [4.78, 5) is 4.52. The number of nitrogens with zero attached hydrogens (tertiary/aromatic N) is 2. The second-order valence-electron chi connectivity index (χ2n) is 5.06. The van der Waals surface area contributed by atoms with E-state index in [1.807, 2.05) is 41.8 Å². The Morgan fingerprint density at radius 2 is 2.08 bits per heavy atom. The number of hydrogen-bond acceptors (Lipinski definition) is 5. The third-order valence-electron chi connectivity index (χ3n) is 3.27. The van der Waals surface area contributed by atoms with Gasteiger partial charge in [-0.25, -0.2) is 4.98 Å². The second-order valence-corrected chi connectivity index (χ2v) is 6.35. The summed E-state index contributed by atoms with van der Waals surface area (Å²) in [5, 5.41) is 7.56. The van der Waals surface area contributed by atoms with Crippen molar-refractivity contribution in [3.8, 4) is 17.0 Å². The third-order valence-corrected chi connectivity index (χ3v) is 4.25. The molecule has 0 radical (unpaired) electrons. The van der Waals surface area contributed by atoms with Gasteiger partial charge in [-0.15, -0.1) is 11.3 Å². The molecule has 1 heterocycles. The summed E-state index contributed by atoms with van der Waals surface area (Å²) >= 11 is 7.54. The van der Waals surface area contributed by atoms with Crippen LogP contribution in [-0.4, -0.2) is 17.8 Å². The lowest BCUT2D eigenvalue weighted by molar-refractivity contribution is 0.363. The quantitative estimate of drug-likeness (QED) is 0.341. The standard InChI is InChI=1S/C19H16ClN3OS/c1-2-10-24-18-9-8-16(20)11-15(18)12-21-23-19-22-17(13-25-19)14-6-4-3-5-7-14/h2-9,11-13H,1,10H2,(H,22,23). The zero-order valence-electron chi connectivity index (χ0n) is 13.4. The van der Waals surface area contributed by atoms with Crippen LogP contribution >= 0.6 is 22.9 Å². The third kappa shape index (κ3) is 4.68. The van der Waals surface area contributed by atoms with Gasteiger partial charge in [0, 0.05) is 21.5 Å². The summed E-state index contributed by atoms with van der Waals surface area (Å²) in [6.45, 7) is 4.07. The Morgan fingerprint density at radius 3 is 2.88 bits per heavy atom. The van der Waals surface area contributed by atoms with Gasteiger partial charge in [-0.3, -0.25) is 5.43 Å². The van der Waals surface area contributed by atoms with Crippen molar-refractivity contribution in [3.05, 3.63) is 77.2 Å². The van der Waals surface area contributed by atoms with Gasteiger partial charge in [-0.1, -0.05) is 54.6 Å². The molecule has 1 N–H and O–H groups in total. The molecule has 3 rings (SSSR count). The number of halogens is 1. The number of anilines is 1. The molecular weight excluding hydrogens is 354 g/mol. The number of benzene rings is 2. The number of rotatable bonds is 7. The minimum absolute atomic E-state index is 0.419. The van der Waals surface area contributed by atoms with E-state index >= 15 is 0 Å². The average Bonchev–Trinajstić information content (AvgIpc) is 3.11. The van der Waals surface area contributed by atoms with Gasteiger partial charge in [0.1, 0.15) is 12.4 Å². The molecule has 0 atom stereocenters. The van der Waals surface area contributed by atoms with E-state index in [0.717, 1.165) is 16.8 Å². The summed E-state index contributed by atoms with van der Waals surface area (Å²) in [6.07, 6.45) is 3.35. The molecule has 0 saturated heterocycles. The second kappa shape index (κ2) is 8.46. The highest BCUT2D eigenvalue weighted by Crippen LogP contribution is 2.25. The molecule has 0 aliphatic carbocycles. The molecule has 0 fully saturated rings. The van der Waals surface area contributed by atoms with Crippen LogP contribution in [-0.2, 0) is 0 Å². The van der Waals surface area contributed by atoms with E-state index in [0.29, 0.717) is 22.5 Å². The van der Waals surface area contributed by atoms with E-state index in [1.54, 1.807) is 24.4 Å². The summed E-state index contributed by atoms with van der Waals surface area (Å²) in [5.41, 5.74) is 5.72. The number of hydrogen-bond donors (Lipinski definition) is 1. The van der Waals surface area contributed by atoms with Gasteiger partial charge in [0.15, 0.2) is 0 Å². The minimum atomic E-state index is 0.419. The topological polar surface area (TPSA) is 46.5 Å². The summed E-state index contributed by atoms with van der Waals surface area (Å²) < 4.78 is 5.60. The summed E-state index contributed by atoms with van der Waals surface area (Å²) in [7, 11) is 0. The van der Waals surface area contributed by atoms with Crippen molar-refractivity contribution < 1.29 is 4.74 Å². The average molecular weight is 370 g/mol. The van der Waals surface area contributed by atoms with Crippen molar-refractivity contribution in [3.63, 3.8) is 0 Å². The predicted octanol–water partition coefficient (Wildman–Crippen LogP) is 5.47. The lowest BCUT2D eigenvalue weighted by Crippen LogP contribution is -1.98. The van der Waals surface area contributed by atoms with E-state index in [2.05, 4.69) is 22.1 Å². The van der Waals surface area contributed by atoms with E-state index < -0.39 is 0 Å². The van der Waals surface area contributed by atoms with Crippen molar-refractivity contribution >= 4 is 34.3 Å². The fourth-order valence-corrected chi connectivity index (χ4v) is 2.97. The first-order valence-electron chi connectivity index (χ1n) is 7.59. The highest BCUT2D eigenvalue weighted by molar-refractivity contribution is 7.14. The van der Waals surface area contributed by atoms with Gasteiger partial charge in [0.2, 0.25) is 5.13 Å². The number of thiazole rings is 1. The molecule has 0 aliphatic rings. The largest absolute Gasteiger partial charge is 0.489 e. The van der Waals surface area contributed by atoms with Crippen molar-refractivity contribution in [2.24, 2.45) is 5.10 Å². The molecule has 6 heteroatoms. The van der Waals surface area contributed by atoms with E-state index in [4.69, 9.17) is 16.3 Å². The van der Waals surface area contributed by atoms with Crippen LogP contribution in [0.2, 0.25) is 5.02 Å². The Balaban J connectivity index is 1.70. The Morgan fingerprint density at radius 1 is 1.24 bits per heavy atom. The number of hydrazone groups is 1. The molecule has 0 unspecified atom stereocenters. The maximum Gasteiger partial charge on any atom is 0.203 e. The Hall–Kier alpha value is -2.63. The molecule has 0 bridgehead atoms. The summed E-state index contributed by atoms with van der Waals surface area (Å²) in [6, 6.07) is 15.4. The van der Waals surface area contributed by atoms with Gasteiger partial charge in [-0.05, 0) is 18.2 Å². The first kappa shape index (κ1) is 17.2. The Bertz CT molecular complexity index is 877. The molecule has 0 aliphatic heterocycles. The zero-order chi connectivity index (χ0) is 17.5. The normalized spacial score (nSPS) is 10.8. The molecular formula is C19H16ClN3OS. The number of aromatic nitrogens is 1. The van der Waals surface area contributed by atoms with Crippen LogP contribution in [0.4, 0.5) is 5.13 Å². The van der Waals surface area contributed by atoms with Gasteiger partial charge in [0.25, 0.3) is 0 Å². The van der Waals surface area contributed by atoms with E-state index in [9.17, 15) is 0 Å². The summed E-state index contributed by atoms with van der Waals surface area (Å²) in [5.74, 6) is 0.693. The molecule has 4 nitrogen and oxygen atoms in total. The number of ether oxygens (including phenoxy) is 1. The first-order chi connectivity index (χ1) is 12.3. The lowest BCUT2D eigenvalue weighted by Gasteiger charge is -2.07. The molecule has 25 heavy (non-hydrogen) atoms. The van der Waals surface area contributed by atoms with Crippen molar-refractivity contribution in [2.45, 2.75) is 0 Å². The van der Waals surface area contributed by atoms with Crippen LogP contribution in [0.5, 0.6) is 5.75 Å². The molecule has 3 aromatic rings. The maximum absolute atomic E-state index is 6.05. The van der Waals surface area contributed by atoms with Crippen LogP contribution in [0, 0.1) is 0 Å². The van der Waals surface area contributed by atoms with Gasteiger partial charge >= 0.3 is 0 Å². The molecule has 1 aromatic heterocycles. The number of nitrogens with one attached hydrogen (secondary N) is 1. The monoisotopic (exact) mass is 369 g/mol. The fraction of sp³-hybridized carbons (Fsp3) is 0.0526. The van der Waals surface area contributed by atoms with Gasteiger partial charge < -0.3 is 4.74 Å². The lowest BCUT2D eigenvalue weighted by atomic mass is 10.2. The predicted molar refractivity (Wildman–Crippen MR) is 106 cm³/mol. The van der Waals surface area contributed by atoms with Crippen LogP contribution in [0.25, 0.3) is 11.3 Å². The smallest absolute Gasteiger partial charge is 0.203 e. The minimum Gasteiger partial charge on any atom is -0.489 e. The van der Waals surface area contributed by atoms with Crippen LogP contribution in [0.15, 0.2) is 71.7 Å². The SMILES string of the molecule is C=CCOc1ccc(Cl)cc1C=NNc1nc(-c2ccccc2)cs1. The van der Waals surface area contributed by atoms with Crippen LogP contribution in [0.3, 0.4) is 0 Å². The molecule has 0 spiro atoms. The van der Waals surface area contributed by atoms with Crippen molar-refractivity contribution in [1.29, 1.82) is 0 Å². The van der Waals surface area contributed by atoms with E-state index in [1.165, 1.54) is 11.3 Å². The Kier molecular flexibility index (Phi) is 5.82.